The molecule has 0 atom stereocenters. The maximum atomic E-state index is 11.7. The Labute approximate surface area is 129 Å². The molecule has 3 aromatic rings. The van der Waals surface area contributed by atoms with Gasteiger partial charge in [0, 0.05) is 5.02 Å². The SMILES string of the molecule is O=c1onc(-c2cccs2)n1CCOc1ccc(Cl)cc1. The molecule has 0 fully saturated rings. The number of benzene rings is 1. The summed E-state index contributed by atoms with van der Waals surface area (Å²) in [6, 6.07) is 10.8. The Balaban J connectivity index is 1.70. The highest BCUT2D eigenvalue weighted by molar-refractivity contribution is 7.13. The maximum Gasteiger partial charge on any atom is 0.442 e. The summed E-state index contributed by atoms with van der Waals surface area (Å²) in [5.74, 6) is 0.731. The van der Waals surface area contributed by atoms with Gasteiger partial charge in [0.15, 0.2) is 5.82 Å². The topological polar surface area (TPSA) is 57.3 Å². The van der Waals surface area contributed by atoms with Crippen molar-refractivity contribution < 1.29 is 9.26 Å². The molecule has 0 amide bonds. The minimum Gasteiger partial charge on any atom is -0.492 e. The molecule has 0 N–H and O–H groups in total. The van der Waals surface area contributed by atoms with E-state index in [2.05, 4.69) is 5.16 Å². The van der Waals surface area contributed by atoms with E-state index in [1.807, 2.05) is 17.5 Å². The fourth-order valence-electron chi connectivity index (χ4n) is 1.83. The predicted octanol–water partition coefficient (Wildman–Crippen LogP) is 3.30. The van der Waals surface area contributed by atoms with Crippen molar-refractivity contribution in [2.24, 2.45) is 0 Å². The highest BCUT2D eigenvalue weighted by Crippen LogP contribution is 2.21. The number of aromatic nitrogens is 2. The van der Waals surface area contributed by atoms with Crippen LogP contribution in [0.4, 0.5) is 0 Å². The van der Waals surface area contributed by atoms with Gasteiger partial charge in [-0.15, -0.1) is 11.3 Å². The van der Waals surface area contributed by atoms with E-state index in [0.717, 1.165) is 4.88 Å². The molecular formula is C14H11ClN2O3S. The van der Waals surface area contributed by atoms with Crippen molar-refractivity contribution in [3.8, 4) is 16.5 Å². The zero-order chi connectivity index (χ0) is 14.7. The Hall–Kier alpha value is -2.05. The Bertz CT molecular complexity index is 762. The second-order valence-corrected chi connectivity index (χ2v) is 5.59. The van der Waals surface area contributed by atoms with Crippen molar-refractivity contribution in [3.05, 3.63) is 57.4 Å². The molecule has 2 heterocycles. The summed E-state index contributed by atoms with van der Waals surface area (Å²) >= 11 is 7.30. The quantitative estimate of drug-likeness (QED) is 0.723. The average molecular weight is 323 g/mol. The number of ether oxygens (including phenoxy) is 1. The molecule has 0 bridgehead atoms. The molecule has 21 heavy (non-hydrogen) atoms. The van der Waals surface area contributed by atoms with Crippen LogP contribution in [0.2, 0.25) is 5.02 Å². The van der Waals surface area contributed by atoms with Gasteiger partial charge in [0.1, 0.15) is 12.4 Å². The van der Waals surface area contributed by atoms with Gasteiger partial charge in [0.05, 0.1) is 11.4 Å². The van der Waals surface area contributed by atoms with Crippen LogP contribution in [0.1, 0.15) is 0 Å². The summed E-state index contributed by atoms with van der Waals surface area (Å²) in [5, 5.41) is 6.38. The van der Waals surface area contributed by atoms with Crippen LogP contribution in [0.5, 0.6) is 5.75 Å². The van der Waals surface area contributed by atoms with Gasteiger partial charge in [0.25, 0.3) is 0 Å². The number of rotatable bonds is 5. The molecule has 3 rings (SSSR count). The van der Waals surface area contributed by atoms with E-state index in [0.29, 0.717) is 29.7 Å². The molecule has 0 unspecified atom stereocenters. The van der Waals surface area contributed by atoms with E-state index in [1.54, 1.807) is 24.3 Å². The molecule has 0 aliphatic heterocycles. The van der Waals surface area contributed by atoms with Gasteiger partial charge < -0.3 is 4.74 Å². The third kappa shape index (κ3) is 3.17. The summed E-state index contributed by atoms with van der Waals surface area (Å²) in [4.78, 5) is 12.6. The largest absolute Gasteiger partial charge is 0.492 e. The standard InChI is InChI=1S/C14H11ClN2O3S/c15-10-3-5-11(6-4-10)19-8-7-17-13(16-20-14(17)18)12-2-1-9-21-12/h1-6,9H,7-8H2. The first-order valence-corrected chi connectivity index (χ1v) is 7.48. The monoisotopic (exact) mass is 322 g/mol. The second kappa shape index (κ2) is 6.15. The van der Waals surface area contributed by atoms with Gasteiger partial charge in [-0.1, -0.05) is 22.8 Å². The normalized spacial score (nSPS) is 10.7. The average Bonchev–Trinajstić information content (AvgIpc) is 3.12. The fourth-order valence-corrected chi connectivity index (χ4v) is 2.67. The molecule has 7 heteroatoms. The first-order valence-electron chi connectivity index (χ1n) is 6.23. The minimum absolute atomic E-state index is 0.334. The van der Waals surface area contributed by atoms with Gasteiger partial charge in [0.2, 0.25) is 0 Å². The molecule has 5 nitrogen and oxygen atoms in total. The van der Waals surface area contributed by atoms with E-state index in [1.165, 1.54) is 15.9 Å². The summed E-state index contributed by atoms with van der Waals surface area (Å²) < 4.78 is 11.8. The molecule has 108 valence electrons. The van der Waals surface area contributed by atoms with Gasteiger partial charge in [-0.25, -0.2) is 4.79 Å². The number of halogens is 1. The van der Waals surface area contributed by atoms with Gasteiger partial charge in [-0.05, 0) is 35.7 Å². The van der Waals surface area contributed by atoms with Crippen molar-refractivity contribution in [1.29, 1.82) is 0 Å². The lowest BCUT2D eigenvalue weighted by Gasteiger charge is -2.06. The first kappa shape index (κ1) is 13.9. The van der Waals surface area contributed by atoms with Crippen molar-refractivity contribution >= 4 is 22.9 Å². The number of nitrogens with zero attached hydrogens (tertiary/aromatic N) is 2. The molecule has 0 aliphatic carbocycles. The second-order valence-electron chi connectivity index (χ2n) is 4.20. The van der Waals surface area contributed by atoms with E-state index in [4.69, 9.17) is 20.9 Å². The zero-order valence-corrected chi connectivity index (χ0v) is 12.4. The molecule has 0 aliphatic rings. The lowest BCUT2D eigenvalue weighted by molar-refractivity contribution is 0.290. The van der Waals surface area contributed by atoms with Gasteiger partial charge in [-0.3, -0.25) is 9.09 Å². The first-order chi connectivity index (χ1) is 10.2. The van der Waals surface area contributed by atoms with Crippen LogP contribution < -0.4 is 10.5 Å². The molecular weight excluding hydrogens is 312 g/mol. The smallest absolute Gasteiger partial charge is 0.442 e. The Morgan fingerprint density at radius 3 is 2.81 bits per heavy atom. The van der Waals surface area contributed by atoms with Crippen LogP contribution >= 0.6 is 22.9 Å². The molecule has 0 spiro atoms. The zero-order valence-electron chi connectivity index (χ0n) is 10.9. The lowest BCUT2D eigenvalue weighted by atomic mass is 10.3. The van der Waals surface area contributed by atoms with Crippen molar-refractivity contribution in [1.82, 2.24) is 9.72 Å². The number of thiophene rings is 1. The van der Waals surface area contributed by atoms with Crippen LogP contribution in [-0.4, -0.2) is 16.3 Å². The van der Waals surface area contributed by atoms with Crippen LogP contribution in [0.25, 0.3) is 10.7 Å². The molecule has 0 saturated heterocycles. The summed E-state index contributed by atoms with van der Waals surface area (Å²) in [5.41, 5.74) is 0. The van der Waals surface area contributed by atoms with Crippen LogP contribution in [0.15, 0.2) is 51.1 Å². The van der Waals surface area contributed by atoms with Crippen LogP contribution in [0.3, 0.4) is 0 Å². The summed E-state index contributed by atoms with van der Waals surface area (Å²) in [7, 11) is 0. The van der Waals surface area contributed by atoms with Crippen molar-refractivity contribution in [2.75, 3.05) is 6.61 Å². The Kier molecular flexibility index (Phi) is 4.08. The third-order valence-corrected chi connectivity index (χ3v) is 3.94. The van der Waals surface area contributed by atoms with Crippen LogP contribution in [-0.2, 0) is 6.54 Å². The minimum atomic E-state index is -0.488. The Morgan fingerprint density at radius 2 is 2.10 bits per heavy atom. The van der Waals surface area contributed by atoms with E-state index >= 15 is 0 Å². The predicted molar refractivity (Wildman–Crippen MR) is 81.0 cm³/mol. The molecule has 1 aromatic carbocycles. The Morgan fingerprint density at radius 1 is 1.29 bits per heavy atom. The van der Waals surface area contributed by atoms with Crippen LogP contribution in [0, 0.1) is 0 Å². The van der Waals surface area contributed by atoms with Crippen molar-refractivity contribution in [2.45, 2.75) is 6.54 Å². The molecule has 2 aromatic heterocycles. The third-order valence-electron chi connectivity index (χ3n) is 2.83. The van der Waals surface area contributed by atoms with E-state index < -0.39 is 5.76 Å². The fraction of sp³-hybridized carbons (Fsp3) is 0.143. The van der Waals surface area contributed by atoms with E-state index in [-0.39, 0.29) is 0 Å². The summed E-state index contributed by atoms with van der Waals surface area (Å²) in [6.07, 6.45) is 0. The lowest BCUT2D eigenvalue weighted by Crippen LogP contribution is -2.19. The van der Waals surface area contributed by atoms with Crippen molar-refractivity contribution in [3.63, 3.8) is 0 Å². The molecule has 0 saturated carbocycles. The highest BCUT2D eigenvalue weighted by atomic mass is 35.5. The molecule has 0 radical (unpaired) electrons. The highest BCUT2D eigenvalue weighted by Gasteiger charge is 2.13. The summed E-state index contributed by atoms with van der Waals surface area (Å²) in [6.45, 7) is 0.694. The maximum absolute atomic E-state index is 11.7. The number of hydrogen-bond acceptors (Lipinski definition) is 5. The van der Waals surface area contributed by atoms with Gasteiger partial charge >= 0.3 is 5.76 Å². The van der Waals surface area contributed by atoms with Gasteiger partial charge in [-0.2, -0.15) is 0 Å². The van der Waals surface area contributed by atoms with E-state index in [9.17, 15) is 4.79 Å². The number of hydrogen-bond donors (Lipinski definition) is 0.